The van der Waals surface area contributed by atoms with Crippen LogP contribution in [0.4, 0.5) is 0 Å². The van der Waals surface area contributed by atoms with Gasteiger partial charge in [-0.15, -0.1) is 0 Å². The number of ketones is 1. The van der Waals surface area contributed by atoms with Gasteiger partial charge in [-0.3, -0.25) is 4.79 Å². The van der Waals surface area contributed by atoms with Crippen molar-refractivity contribution in [1.29, 1.82) is 0 Å². The van der Waals surface area contributed by atoms with E-state index in [0.29, 0.717) is 39.3 Å². The van der Waals surface area contributed by atoms with Gasteiger partial charge in [0.1, 0.15) is 11.3 Å². The Kier molecular flexibility index (Phi) is 3.85. The fourth-order valence-electron chi connectivity index (χ4n) is 3.14. The Bertz CT molecular complexity index is 1030. The van der Waals surface area contributed by atoms with E-state index in [1.807, 2.05) is 19.1 Å². The highest BCUT2D eigenvalue weighted by molar-refractivity contribution is 6.31. The van der Waals surface area contributed by atoms with Crippen LogP contribution in [0.15, 0.2) is 51.7 Å². The van der Waals surface area contributed by atoms with Gasteiger partial charge >= 0.3 is 5.63 Å². The number of hydrogen-bond donors (Lipinski definition) is 0. The zero-order valence-electron chi connectivity index (χ0n) is 13.5. The van der Waals surface area contributed by atoms with Crippen molar-refractivity contribution in [1.82, 2.24) is 0 Å². The average Bonchev–Trinajstić information content (AvgIpc) is 2.62. The summed E-state index contributed by atoms with van der Waals surface area (Å²) >= 11 is 6.04. The molecule has 0 fully saturated rings. The molecule has 2 heterocycles. The normalized spacial score (nSPS) is 16.3. The molecule has 0 amide bonds. The maximum absolute atomic E-state index is 12.7. The van der Waals surface area contributed by atoms with Gasteiger partial charge in [0.05, 0.1) is 23.5 Å². The third kappa shape index (κ3) is 2.83. The third-order valence-electron chi connectivity index (χ3n) is 4.50. The fourth-order valence-corrected chi connectivity index (χ4v) is 3.31. The predicted molar refractivity (Wildman–Crippen MR) is 95.7 cm³/mol. The van der Waals surface area contributed by atoms with Crippen molar-refractivity contribution in [3.63, 3.8) is 0 Å². The van der Waals surface area contributed by atoms with Crippen LogP contribution >= 0.6 is 11.6 Å². The quantitative estimate of drug-likeness (QED) is 0.511. The monoisotopic (exact) mass is 354 g/mol. The van der Waals surface area contributed by atoms with Crippen LogP contribution < -0.4 is 10.4 Å². The number of carbonyl (C=O) groups excluding carboxylic acids is 1. The molecule has 0 spiro atoms. The Balaban J connectivity index is 1.73. The van der Waals surface area contributed by atoms with Crippen molar-refractivity contribution in [2.24, 2.45) is 5.92 Å². The third-order valence-corrected chi connectivity index (χ3v) is 4.73. The number of hydrogen-bond acceptors (Lipinski definition) is 4. The molecule has 0 bridgehead atoms. The van der Waals surface area contributed by atoms with Gasteiger partial charge in [-0.05, 0) is 31.5 Å². The number of ether oxygens (including phenoxy) is 1. The summed E-state index contributed by atoms with van der Waals surface area (Å²) < 4.78 is 11.2. The van der Waals surface area contributed by atoms with Gasteiger partial charge in [0.25, 0.3) is 0 Å². The van der Waals surface area contributed by atoms with Crippen LogP contribution in [0, 0.1) is 12.8 Å². The Morgan fingerprint density at radius 3 is 2.68 bits per heavy atom. The first-order valence-electron chi connectivity index (χ1n) is 8.02. The zero-order valence-corrected chi connectivity index (χ0v) is 14.3. The highest BCUT2D eigenvalue weighted by Gasteiger charge is 2.30. The summed E-state index contributed by atoms with van der Waals surface area (Å²) in [5.74, 6) is 0.0349. The predicted octanol–water partition coefficient (Wildman–Crippen LogP) is 4.19. The molecule has 1 unspecified atom stereocenters. The summed E-state index contributed by atoms with van der Waals surface area (Å²) in [7, 11) is 0. The summed E-state index contributed by atoms with van der Waals surface area (Å²) in [6.45, 7) is 2.19. The van der Waals surface area contributed by atoms with Crippen molar-refractivity contribution < 1.29 is 13.9 Å². The number of rotatable bonds is 2. The molecule has 1 aromatic heterocycles. The van der Waals surface area contributed by atoms with Crippen molar-refractivity contribution in [2.45, 2.75) is 13.3 Å². The SMILES string of the molecule is Cc1ccc(C(=O)C2COc3c(c(=O)oc4ccc(Cl)cc34)C2)cc1. The standard InChI is InChI=1S/C20H15ClO4/c1-11-2-4-12(5-3-11)18(22)13-8-16-19(24-10-13)15-9-14(21)6-7-17(15)25-20(16)23/h2-7,9,13H,8,10H2,1H3. The highest BCUT2D eigenvalue weighted by atomic mass is 35.5. The number of halogens is 1. The maximum atomic E-state index is 12.7. The molecule has 126 valence electrons. The highest BCUT2D eigenvalue weighted by Crippen LogP contribution is 2.34. The molecule has 0 saturated heterocycles. The Labute approximate surface area is 149 Å². The van der Waals surface area contributed by atoms with E-state index in [0.717, 1.165) is 5.56 Å². The van der Waals surface area contributed by atoms with E-state index >= 15 is 0 Å². The Morgan fingerprint density at radius 2 is 1.92 bits per heavy atom. The lowest BCUT2D eigenvalue weighted by molar-refractivity contribution is 0.0854. The van der Waals surface area contributed by atoms with E-state index in [-0.39, 0.29) is 12.4 Å². The van der Waals surface area contributed by atoms with Crippen molar-refractivity contribution in [3.8, 4) is 5.75 Å². The molecule has 0 saturated carbocycles. The van der Waals surface area contributed by atoms with E-state index in [1.54, 1.807) is 30.3 Å². The molecule has 4 rings (SSSR count). The molecule has 0 aliphatic carbocycles. The van der Waals surface area contributed by atoms with Gasteiger partial charge in [0.2, 0.25) is 0 Å². The van der Waals surface area contributed by atoms with Gasteiger partial charge in [-0.1, -0.05) is 41.4 Å². The number of Topliss-reactive ketones (excluding diaryl/α,β-unsaturated/α-hetero) is 1. The fraction of sp³-hybridized carbons (Fsp3) is 0.200. The lowest BCUT2D eigenvalue weighted by Crippen LogP contribution is -2.31. The van der Waals surface area contributed by atoms with Gasteiger partial charge in [-0.2, -0.15) is 0 Å². The van der Waals surface area contributed by atoms with Crippen LogP contribution in [0.3, 0.4) is 0 Å². The van der Waals surface area contributed by atoms with Crippen LogP contribution in [0.1, 0.15) is 21.5 Å². The second-order valence-corrected chi connectivity index (χ2v) is 6.72. The van der Waals surface area contributed by atoms with E-state index in [1.165, 1.54) is 0 Å². The van der Waals surface area contributed by atoms with Crippen molar-refractivity contribution >= 4 is 28.4 Å². The minimum atomic E-state index is -0.466. The summed E-state index contributed by atoms with van der Waals surface area (Å²) in [5.41, 5.74) is 2.07. The molecular weight excluding hydrogens is 340 g/mol. The van der Waals surface area contributed by atoms with Gasteiger partial charge in [-0.25, -0.2) is 4.79 Å². The van der Waals surface area contributed by atoms with E-state index < -0.39 is 11.5 Å². The summed E-state index contributed by atoms with van der Waals surface area (Å²) in [6.07, 6.45) is 0.298. The van der Waals surface area contributed by atoms with E-state index in [4.69, 9.17) is 20.8 Å². The van der Waals surface area contributed by atoms with Crippen LogP contribution in [-0.2, 0) is 6.42 Å². The number of carbonyl (C=O) groups is 1. The van der Waals surface area contributed by atoms with E-state index in [9.17, 15) is 9.59 Å². The van der Waals surface area contributed by atoms with Crippen LogP contribution in [0.2, 0.25) is 5.02 Å². The molecule has 3 aromatic rings. The summed E-state index contributed by atoms with van der Waals surface area (Å²) in [5, 5.41) is 1.19. The number of fused-ring (bicyclic) bond motifs is 3. The van der Waals surface area contributed by atoms with E-state index in [2.05, 4.69) is 0 Å². The first-order valence-corrected chi connectivity index (χ1v) is 8.39. The topological polar surface area (TPSA) is 56.5 Å². The molecule has 1 aliphatic rings. The number of benzene rings is 2. The molecule has 25 heavy (non-hydrogen) atoms. The smallest absolute Gasteiger partial charge is 0.343 e. The van der Waals surface area contributed by atoms with Crippen LogP contribution in [0.5, 0.6) is 5.75 Å². The Morgan fingerprint density at radius 1 is 1.16 bits per heavy atom. The van der Waals surface area contributed by atoms with Crippen molar-refractivity contribution in [3.05, 3.63) is 74.6 Å². The van der Waals surface area contributed by atoms with Gasteiger partial charge in [0.15, 0.2) is 5.78 Å². The molecule has 5 heteroatoms. The largest absolute Gasteiger partial charge is 0.491 e. The molecule has 1 aliphatic heterocycles. The van der Waals surface area contributed by atoms with Gasteiger partial charge < -0.3 is 9.15 Å². The minimum absolute atomic E-state index is 0.0313. The average molecular weight is 355 g/mol. The molecule has 4 nitrogen and oxygen atoms in total. The minimum Gasteiger partial charge on any atom is -0.491 e. The molecule has 0 N–H and O–H groups in total. The first-order chi connectivity index (χ1) is 12.0. The maximum Gasteiger partial charge on any atom is 0.343 e. The van der Waals surface area contributed by atoms with Crippen LogP contribution in [0.25, 0.3) is 11.0 Å². The second-order valence-electron chi connectivity index (χ2n) is 6.28. The molecule has 1 atom stereocenters. The molecule has 0 radical (unpaired) electrons. The lowest BCUT2D eigenvalue weighted by Gasteiger charge is -2.24. The summed E-state index contributed by atoms with van der Waals surface area (Å²) in [6, 6.07) is 12.4. The van der Waals surface area contributed by atoms with Crippen LogP contribution in [-0.4, -0.2) is 12.4 Å². The van der Waals surface area contributed by atoms with Crippen molar-refractivity contribution in [2.75, 3.05) is 6.61 Å². The second kappa shape index (κ2) is 6.05. The zero-order chi connectivity index (χ0) is 17.6. The Hall–Kier alpha value is -2.59. The molecular formula is C20H15ClO4. The number of aryl methyl sites for hydroxylation is 1. The first kappa shape index (κ1) is 15.9. The van der Waals surface area contributed by atoms with Gasteiger partial charge in [0, 0.05) is 10.6 Å². The lowest BCUT2D eigenvalue weighted by atomic mass is 9.89. The summed E-state index contributed by atoms with van der Waals surface area (Å²) in [4.78, 5) is 25.0. The molecule has 2 aromatic carbocycles.